The van der Waals surface area contributed by atoms with Crippen LogP contribution in [0.15, 0.2) is 57.0 Å². The Morgan fingerprint density at radius 3 is 2.31 bits per heavy atom. The number of likely N-dealkylation sites (tertiary alicyclic amines) is 3. The summed E-state index contributed by atoms with van der Waals surface area (Å²) in [7, 11) is 1.40. The number of hydrogen-bond acceptors (Lipinski definition) is 7. The van der Waals surface area contributed by atoms with Crippen molar-refractivity contribution in [1.29, 1.82) is 0 Å². The highest BCUT2D eigenvalue weighted by Gasteiger charge is 2.76. The predicted molar refractivity (Wildman–Crippen MR) is 190 cm³/mol. The average Bonchev–Trinajstić information content (AvgIpc) is 3.42. The van der Waals surface area contributed by atoms with Gasteiger partial charge in [-0.05, 0) is 80.7 Å². The first-order valence-corrected chi connectivity index (χ1v) is 19.2. The third kappa shape index (κ3) is 4.90. The van der Waals surface area contributed by atoms with Crippen LogP contribution in [0.4, 0.5) is 0 Å². The number of benzene rings is 2. The van der Waals surface area contributed by atoms with E-state index in [0.717, 1.165) is 24.5 Å². The van der Waals surface area contributed by atoms with Gasteiger partial charge in [0.05, 0.1) is 28.9 Å². The van der Waals surface area contributed by atoms with Gasteiger partial charge in [-0.15, -0.1) is 23.2 Å². The zero-order chi connectivity index (χ0) is 34.3. The van der Waals surface area contributed by atoms with Crippen LogP contribution in [0.25, 0.3) is 0 Å². The van der Waals surface area contributed by atoms with Crippen molar-refractivity contribution in [2.45, 2.75) is 53.9 Å². The summed E-state index contributed by atoms with van der Waals surface area (Å²) in [6, 6.07) is 11.6. The van der Waals surface area contributed by atoms with E-state index in [9.17, 15) is 24.3 Å². The lowest BCUT2D eigenvalue weighted by Gasteiger charge is -2.51. The van der Waals surface area contributed by atoms with Crippen molar-refractivity contribution in [3.8, 4) is 11.5 Å². The fourth-order valence-electron chi connectivity index (χ4n) is 8.64. The number of imide groups is 2. The van der Waals surface area contributed by atoms with Gasteiger partial charge in [-0.25, -0.2) is 0 Å². The van der Waals surface area contributed by atoms with Gasteiger partial charge in [-0.2, -0.15) is 0 Å². The number of piperidine rings is 1. The number of halogens is 5. The largest absolute Gasteiger partial charge is 0.503 e. The molecule has 14 heteroatoms. The Bertz CT molecular complexity index is 1750. The minimum Gasteiger partial charge on any atom is -0.503 e. The summed E-state index contributed by atoms with van der Waals surface area (Å²) in [6.45, 7) is 2.32. The molecule has 2 aromatic carbocycles. The van der Waals surface area contributed by atoms with Gasteiger partial charge in [0.25, 0.3) is 11.8 Å². The third-order valence-electron chi connectivity index (χ3n) is 10.9. The first-order valence-electron chi connectivity index (χ1n) is 15.8. The van der Waals surface area contributed by atoms with E-state index in [-0.39, 0.29) is 52.1 Å². The predicted octanol–water partition coefficient (Wildman–Crippen LogP) is 6.30. The fraction of sp³-hybridized carbons (Fsp3) is 0.471. The number of aromatic hydroxyl groups is 1. The number of rotatable bonds is 6. The summed E-state index contributed by atoms with van der Waals surface area (Å²) >= 11 is 25.0. The molecule has 0 unspecified atom stereocenters. The minimum atomic E-state index is -1.98. The summed E-state index contributed by atoms with van der Waals surface area (Å²) in [5, 5.41) is 10.7. The molecule has 48 heavy (non-hydrogen) atoms. The number of hydrogen-bond donors (Lipinski definition) is 1. The standard InChI is InChI=1S/C34H32Br3Cl2N3O6/c1-48-23-13-21(26(36)27(37)28(23)43)25-19-7-8-20-24(22(19)14-33(38)31(46)41(16-35)32(47)34(25,33)39)30(45)42(29(20)44)18-9-11-40(12-10-18)15-17-5-3-2-4-6-17/h2-7,13,18,20,22,24-25,43H,8-12,14-16H2,1H3/t20-,22+,24-,25+,33+,34-/m0/s1. The molecule has 254 valence electrons. The number of phenols is 1. The molecule has 3 saturated heterocycles. The van der Waals surface area contributed by atoms with Crippen LogP contribution >= 0.6 is 71.0 Å². The maximum atomic E-state index is 14.5. The molecule has 4 amide bonds. The second-order valence-electron chi connectivity index (χ2n) is 13.2. The van der Waals surface area contributed by atoms with Crippen LogP contribution in [0.1, 0.15) is 42.7 Å². The van der Waals surface area contributed by atoms with Crippen LogP contribution in [0.3, 0.4) is 0 Å². The molecular weight excluding hydrogens is 857 g/mol. The van der Waals surface area contributed by atoms with E-state index in [4.69, 9.17) is 27.9 Å². The SMILES string of the molecule is COc1cc([C@H]2C3=CC[C@@H]4C(=O)N(C5CCN(Cc6ccccc6)CC5)C(=O)[C@@H]4[C@@H]3C[C@@]3(Cl)C(=O)N(CBr)C(=O)[C@@]23Cl)c(Br)c(Br)c1O. The number of amides is 4. The van der Waals surface area contributed by atoms with Crippen molar-refractivity contribution >= 4 is 94.6 Å². The Kier molecular flexibility index (Phi) is 9.10. The summed E-state index contributed by atoms with van der Waals surface area (Å²) in [5.41, 5.74) is 2.21. The first-order chi connectivity index (χ1) is 22.9. The number of carbonyl (C=O) groups excluding carboxylic acids is 4. The molecule has 7 rings (SSSR count). The van der Waals surface area contributed by atoms with Gasteiger partial charge < -0.3 is 9.84 Å². The van der Waals surface area contributed by atoms with Crippen LogP contribution in [0.2, 0.25) is 0 Å². The lowest BCUT2D eigenvalue weighted by molar-refractivity contribution is -0.144. The second-order valence-corrected chi connectivity index (χ2v) is 16.5. The highest BCUT2D eigenvalue weighted by molar-refractivity contribution is 9.13. The van der Waals surface area contributed by atoms with Crippen molar-refractivity contribution < 1.29 is 29.0 Å². The lowest BCUT2D eigenvalue weighted by atomic mass is 9.56. The van der Waals surface area contributed by atoms with Crippen molar-refractivity contribution in [2.75, 3.05) is 25.7 Å². The highest BCUT2D eigenvalue weighted by Crippen LogP contribution is 2.67. The summed E-state index contributed by atoms with van der Waals surface area (Å²) < 4.78 is 6.11. The molecule has 5 aliphatic rings. The summed E-state index contributed by atoms with van der Waals surface area (Å²) in [6.07, 6.45) is 3.43. The number of allylic oxidation sites excluding steroid dienone is 2. The van der Waals surface area contributed by atoms with E-state index in [1.165, 1.54) is 17.6 Å². The van der Waals surface area contributed by atoms with E-state index >= 15 is 0 Å². The van der Waals surface area contributed by atoms with Gasteiger partial charge in [0, 0.05) is 36.1 Å². The molecule has 0 spiro atoms. The van der Waals surface area contributed by atoms with Crippen molar-refractivity contribution in [1.82, 2.24) is 14.7 Å². The number of ether oxygens (including phenoxy) is 1. The quantitative estimate of drug-likeness (QED) is 0.157. The second kappa shape index (κ2) is 12.7. The molecular formula is C34H32Br3Cl2N3O6. The van der Waals surface area contributed by atoms with Crippen molar-refractivity contribution in [2.24, 2.45) is 17.8 Å². The monoisotopic (exact) mass is 885 g/mol. The molecule has 0 aromatic heterocycles. The van der Waals surface area contributed by atoms with Gasteiger partial charge in [0.1, 0.15) is 0 Å². The number of fused-ring (bicyclic) bond motifs is 4. The van der Waals surface area contributed by atoms with Gasteiger partial charge in [-0.1, -0.05) is 57.9 Å². The van der Waals surface area contributed by atoms with E-state index in [2.05, 4.69) is 64.8 Å². The molecule has 0 bridgehead atoms. The van der Waals surface area contributed by atoms with Crippen molar-refractivity contribution in [3.05, 3.63) is 68.1 Å². The topological polar surface area (TPSA) is 107 Å². The molecule has 1 N–H and O–H groups in total. The smallest absolute Gasteiger partial charge is 0.254 e. The average molecular weight is 889 g/mol. The van der Waals surface area contributed by atoms with Crippen LogP contribution in [0, 0.1) is 17.8 Å². The normalized spacial score (nSPS) is 32.3. The van der Waals surface area contributed by atoms with E-state index in [1.807, 2.05) is 24.3 Å². The number of phenolic OH excluding ortho intramolecular Hbond substituents is 1. The van der Waals surface area contributed by atoms with Crippen LogP contribution < -0.4 is 4.74 Å². The van der Waals surface area contributed by atoms with Crippen molar-refractivity contribution in [3.63, 3.8) is 0 Å². The number of carbonyl (C=O) groups is 4. The number of nitrogens with zero attached hydrogens (tertiary/aromatic N) is 3. The molecule has 6 atom stereocenters. The Hall–Kier alpha value is -1.96. The molecule has 3 heterocycles. The van der Waals surface area contributed by atoms with Crippen LogP contribution in [0.5, 0.6) is 11.5 Å². The first kappa shape index (κ1) is 34.5. The van der Waals surface area contributed by atoms with Gasteiger partial charge in [0.2, 0.25) is 11.8 Å². The van der Waals surface area contributed by atoms with Crippen LogP contribution in [-0.4, -0.2) is 84.9 Å². The minimum absolute atomic E-state index is 0.0913. The molecule has 0 radical (unpaired) electrons. The molecule has 4 fully saturated rings. The summed E-state index contributed by atoms with van der Waals surface area (Å²) in [4.78, 5) is 57.6. The van der Waals surface area contributed by atoms with E-state index < -0.39 is 45.2 Å². The highest BCUT2D eigenvalue weighted by atomic mass is 79.9. The maximum Gasteiger partial charge on any atom is 0.254 e. The Morgan fingerprint density at radius 2 is 1.67 bits per heavy atom. The Morgan fingerprint density at radius 1 is 0.979 bits per heavy atom. The molecule has 3 aliphatic heterocycles. The lowest BCUT2D eigenvalue weighted by Crippen LogP contribution is -2.60. The number of alkyl halides is 3. The fourth-order valence-corrected chi connectivity index (χ4v) is 11.0. The Labute approximate surface area is 313 Å². The maximum absolute atomic E-state index is 14.5. The van der Waals surface area contributed by atoms with Gasteiger partial charge in [0.15, 0.2) is 21.2 Å². The van der Waals surface area contributed by atoms with E-state index in [0.29, 0.717) is 28.5 Å². The third-order valence-corrected chi connectivity index (χ3v) is 15.0. The number of methoxy groups -OCH3 is 1. The zero-order valence-electron chi connectivity index (χ0n) is 25.8. The Balaban J connectivity index is 1.26. The molecule has 1 saturated carbocycles. The summed E-state index contributed by atoms with van der Waals surface area (Å²) in [5.74, 6) is -4.86. The van der Waals surface area contributed by atoms with Gasteiger partial charge in [-0.3, -0.25) is 33.9 Å². The molecule has 2 aliphatic carbocycles. The molecule has 9 nitrogen and oxygen atoms in total. The zero-order valence-corrected chi connectivity index (χ0v) is 32.1. The van der Waals surface area contributed by atoms with E-state index in [1.54, 1.807) is 6.07 Å². The van der Waals surface area contributed by atoms with Gasteiger partial charge >= 0.3 is 0 Å². The molecule has 2 aromatic rings. The van der Waals surface area contributed by atoms with Crippen LogP contribution in [-0.2, 0) is 25.7 Å².